The van der Waals surface area contributed by atoms with Crippen LogP contribution in [-0.4, -0.2) is 36.5 Å². The van der Waals surface area contributed by atoms with E-state index in [-0.39, 0.29) is 17.8 Å². The van der Waals surface area contributed by atoms with E-state index >= 15 is 0 Å². The van der Waals surface area contributed by atoms with Crippen molar-refractivity contribution in [3.8, 4) is 16.2 Å². The summed E-state index contributed by atoms with van der Waals surface area (Å²) in [5.41, 5.74) is 2.09. The van der Waals surface area contributed by atoms with Crippen LogP contribution in [0.4, 0.5) is 0 Å². The van der Waals surface area contributed by atoms with E-state index < -0.39 is 0 Å². The Morgan fingerprint density at radius 3 is 3.04 bits per heavy atom. The molecule has 6 heteroatoms. The number of benzene rings is 1. The second kappa shape index (κ2) is 7.11. The Morgan fingerprint density at radius 1 is 1.35 bits per heavy atom. The molecule has 0 saturated carbocycles. The van der Waals surface area contributed by atoms with Gasteiger partial charge in [-0.3, -0.25) is 9.59 Å². The molecule has 3 heterocycles. The number of rotatable bonds is 3. The van der Waals surface area contributed by atoms with E-state index in [1.54, 1.807) is 11.8 Å². The maximum atomic E-state index is 13.0. The molecule has 0 radical (unpaired) electrons. The van der Waals surface area contributed by atoms with Crippen molar-refractivity contribution >= 4 is 23.2 Å². The van der Waals surface area contributed by atoms with E-state index in [1.165, 1.54) is 11.3 Å². The molecule has 1 atom stereocenters. The molecule has 1 saturated heterocycles. The molecule has 136 valence electrons. The average Bonchev–Trinajstić information content (AvgIpc) is 3.12. The van der Waals surface area contributed by atoms with Gasteiger partial charge in [0.05, 0.1) is 17.4 Å². The summed E-state index contributed by atoms with van der Waals surface area (Å²) in [4.78, 5) is 28.6. The zero-order valence-corrected chi connectivity index (χ0v) is 15.5. The number of esters is 1. The van der Waals surface area contributed by atoms with Gasteiger partial charge in [-0.2, -0.15) is 0 Å². The fourth-order valence-corrected chi connectivity index (χ4v) is 4.74. The molecule has 1 aromatic heterocycles. The molecular weight excluding hydrogens is 350 g/mol. The molecule has 2 aliphatic heterocycles. The highest BCUT2D eigenvalue weighted by Gasteiger charge is 2.31. The third-order valence-corrected chi connectivity index (χ3v) is 6.06. The molecule has 4 rings (SSSR count). The Kier molecular flexibility index (Phi) is 4.68. The van der Waals surface area contributed by atoms with Crippen molar-refractivity contribution in [2.75, 3.05) is 19.7 Å². The Morgan fingerprint density at radius 2 is 2.19 bits per heavy atom. The van der Waals surface area contributed by atoms with Crippen LogP contribution in [0.15, 0.2) is 30.3 Å². The van der Waals surface area contributed by atoms with Crippen molar-refractivity contribution in [2.45, 2.75) is 26.4 Å². The zero-order valence-electron chi connectivity index (χ0n) is 14.7. The summed E-state index contributed by atoms with van der Waals surface area (Å²) in [7, 11) is 0. The molecule has 0 spiro atoms. The van der Waals surface area contributed by atoms with Gasteiger partial charge < -0.3 is 14.4 Å². The third-order valence-electron chi connectivity index (χ3n) is 4.86. The average molecular weight is 371 g/mol. The first kappa shape index (κ1) is 17.1. The number of hydrogen-bond acceptors (Lipinski definition) is 5. The van der Waals surface area contributed by atoms with E-state index in [9.17, 15) is 9.59 Å². The molecule has 1 unspecified atom stereocenters. The van der Waals surface area contributed by atoms with Gasteiger partial charge >= 0.3 is 5.97 Å². The molecule has 2 aliphatic rings. The lowest BCUT2D eigenvalue weighted by Crippen LogP contribution is -2.42. The summed E-state index contributed by atoms with van der Waals surface area (Å²) in [5, 5.41) is 0. The lowest BCUT2D eigenvalue weighted by molar-refractivity contribution is -0.149. The van der Waals surface area contributed by atoms with E-state index in [2.05, 4.69) is 0 Å². The highest BCUT2D eigenvalue weighted by molar-refractivity contribution is 7.17. The van der Waals surface area contributed by atoms with Crippen molar-refractivity contribution in [2.24, 2.45) is 5.92 Å². The van der Waals surface area contributed by atoms with Crippen LogP contribution >= 0.6 is 11.3 Å². The van der Waals surface area contributed by atoms with Gasteiger partial charge in [0, 0.05) is 29.1 Å². The van der Waals surface area contributed by atoms with Gasteiger partial charge in [0.15, 0.2) is 0 Å². The van der Waals surface area contributed by atoms with Gasteiger partial charge in [-0.25, -0.2) is 0 Å². The van der Waals surface area contributed by atoms with Crippen LogP contribution in [0.2, 0.25) is 0 Å². The van der Waals surface area contributed by atoms with Crippen molar-refractivity contribution in [1.29, 1.82) is 0 Å². The number of piperidine rings is 1. The fraction of sp³-hybridized carbons (Fsp3) is 0.400. The lowest BCUT2D eigenvalue weighted by Gasteiger charge is -2.31. The van der Waals surface area contributed by atoms with Crippen molar-refractivity contribution in [1.82, 2.24) is 4.90 Å². The second-order valence-corrected chi connectivity index (χ2v) is 7.64. The standard InChI is InChI=1S/C20H21NO4S/c1-2-24-20(23)13-6-5-9-21(11-13)19(22)17-10-14-12-25-16-8-4-3-7-15(16)18(14)26-17/h3-4,7-8,10,13H,2,5-6,9,11-12H2,1H3. The highest BCUT2D eigenvalue weighted by Crippen LogP contribution is 2.42. The SMILES string of the molecule is CCOC(=O)C1CCCN(C(=O)c2cc3c(s2)-c2ccccc2OC3)C1. The molecule has 1 aromatic carbocycles. The summed E-state index contributed by atoms with van der Waals surface area (Å²) < 4.78 is 10.9. The molecule has 5 nitrogen and oxygen atoms in total. The second-order valence-electron chi connectivity index (χ2n) is 6.59. The Labute approximate surface area is 156 Å². The summed E-state index contributed by atoms with van der Waals surface area (Å²) in [6.45, 7) is 3.79. The fourth-order valence-electron chi connectivity index (χ4n) is 3.57. The van der Waals surface area contributed by atoms with E-state index in [0.717, 1.165) is 34.6 Å². The molecule has 1 fully saturated rings. The largest absolute Gasteiger partial charge is 0.488 e. The number of amides is 1. The number of nitrogens with zero attached hydrogens (tertiary/aromatic N) is 1. The molecule has 1 amide bonds. The molecule has 0 N–H and O–H groups in total. The van der Waals surface area contributed by atoms with Crippen molar-refractivity contribution in [3.63, 3.8) is 0 Å². The lowest BCUT2D eigenvalue weighted by atomic mass is 9.98. The van der Waals surface area contributed by atoms with Crippen LogP contribution in [0.5, 0.6) is 5.75 Å². The highest BCUT2D eigenvalue weighted by atomic mass is 32.1. The van der Waals surface area contributed by atoms with Crippen LogP contribution in [-0.2, 0) is 16.1 Å². The van der Waals surface area contributed by atoms with Gasteiger partial charge in [-0.15, -0.1) is 11.3 Å². The van der Waals surface area contributed by atoms with Crippen molar-refractivity contribution < 1.29 is 19.1 Å². The maximum Gasteiger partial charge on any atom is 0.310 e. The van der Waals surface area contributed by atoms with Gasteiger partial charge in [-0.1, -0.05) is 12.1 Å². The molecule has 26 heavy (non-hydrogen) atoms. The number of para-hydroxylation sites is 1. The van der Waals surface area contributed by atoms with Crippen LogP contribution in [0, 0.1) is 5.92 Å². The summed E-state index contributed by atoms with van der Waals surface area (Å²) >= 11 is 1.51. The minimum Gasteiger partial charge on any atom is -0.488 e. The van der Waals surface area contributed by atoms with E-state index in [4.69, 9.17) is 9.47 Å². The Balaban J connectivity index is 1.55. The molecule has 2 aromatic rings. The van der Waals surface area contributed by atoms with Crippen molar-refractivity contribution in [3.05, 3.63) is 40.8 Å². The Hall–Kier alpha value is -2.34. The van der Waals surface area contributed by atoms with Gasteiger partial charge in [-0.05, 0) is 38.0 Å². The monoisotopic (exact) mass is 371 g/mol. The number of carbonyl (C=O) groups is 2. The number of likely N-dealkylation sites (tertiary alicyclic amines) is 1. The van der Waals surface area contributed by atoms with Crippen LogP contribution < -0.4 is 4.74 Å². The van der Waals surface area contributed by atoms with Gasteiger partial charge in [0.1, 0.15) is 12.4 Å². The number of hydrogen-bond donors (Lipinski definition) is 0. The number of carbonyl (C=O) groups excluding carboxylic acids is 2. The summed E-state index contributed by atoms with van der Waals surface area (Å²) in [5.74, 6) is 0.446. The van der Waals surface area contributed by atoms with Crippen LogP contribution in [0.1, 0.15) is 35.0 Å². The minimum atomic E-state index is -0.216. The number of fused-ring (bicyclic) bond motifs is 3. The van der Waals surface area contributed by atoms with E-state index in [0.29, 0.717) is 31.2 Å². The molecule has 0 aliphatic carbocycles. The summed E-state index contributed by atoms with van der Waals surface area (Å²) in [6, 6.07) is 9.84. The minimum absolute atomic E-state index is 0.00382. The summed E-state index contributed by atoms with van der Waals surface area (Å²) in [6.07, 6.45) is 1.61. The quantitative estimate of drug-likeness (QED) is 0.772. The number of ether oxygens (including phenoxy) is 2. The first-order valence-corrected chi connectivity index (χ1v) is 9.80. The topological polar surface area (TPSA) is 55.8 Å². The van der Waals surface area contributed by atoms with Gasteiger partial charge in [0.25, 0.3) is 5.91 Å². The van der Waals surface area contributed by atoms with Crippen LogP contribution in [0.3, 0.4) is 0 Å². The predicted octanol–water partition coefficient (Wildman–Crippen LogP) is 3.72. The molecular formula is C20H21NO4S. The number of thiophene rings is 1. The van der Waals surface area contributed by atoms with Gasteiger partial charge in [0.2, 0.25) is 0 Å². The predicted molar refractivity (Wildman–Crippen MR) is 99.3 cm³/mol. The first-order chi connectivity index (χ1) is 12.7. The van der Waals surface area contributed by atoms with Crippen LogP contribution in [0.25, 0.3) is 10.4 Å². The Bertz CT molecular complexity index is 844. The third kappa shape index (κ3) is 3.09. The smallest absolute Gasteiger partial charge is 0.310 e. The zero-order chi connectivity index (χ0) is 18.1. The normalized spacial score (nSPS) is 18.5. The first-order valence-electron chi connectivity index (χ1n) is 8.98. The molecule has 0 bridgehead atoms. The van der Waals surface area contributed by atoms with E-state index in [1.807, 2.05) is 30.3 Å². The maximum absolute atomic E-state index is 13.0.